The molecule has 154 valence electrons. The van der Waals surface area contributed by atoms with Gasteiger partial charge in [-0.2, -0.15) is 0 Å². The summed E-state index contributed by atoms with van der Waals surface area (Å²) in [4.78, 5) is 16.5. The van der Waals surface area contributed by atoms with E-state index in [1.807, 2.05) is 29.8 Å². The van der Waals surface area contributed by atoms with Crippen LogP contribution >= 0.6 is 11.3 Å². The van der Waals surface area contributed by atoms with Gasteiger partial charge in [0.2, 0.25) is 0 Å². The maximum absolute atomic E-state index is 12.2. The van der Waals surface area contributed by atoms with Crippen LogP contribution in [-0.4, -0.2) is 24.2 Å². The Morgan fingerprint density at radius 3 is 2.55 bits per heavy atom. The highest BCUT2D eigenvalue weighted by molar-refractivity contribution is 7.16. The third-order valence-electron chi connectivity index (χ3n) is 5.59. The minimum atomic E-state index is -0.376. The van der Waals surface area contributed by atoms with Gasteiger partial charge in [0.25, 0.3) is 0 Å². The summed E-state index contributed by atoms with van der Waals surface area (Å²) in [5.74, 6) is 0.0821. The van der Waals surface area contributed by atoms with E-state index in [2.05, 4.69) is 64.9 Å². The molecule has 3 aromatic carbocycles. The number of alkyl carbamates (subject to hydrolysis) is 1. The molecule has 1 aliphatic carbocycles. The molecule has 1 aliphatic rings. The molecule has 0 spiro atoms. The Morgan fingerprint density at radius 1 is 1.03 bits per heavy atom. The van der Waals surface area contributed by atoms with Crippen molar-refractivity contribution in [2.75, 3.05) is 13.2 Å². The summed E-state index contributed by atoms with van der Waals surface area (Å²) >= 11 is 1.64. The number of fused-ring (bicyclic) bond motifs is 4. The van der Waals surface area contributed by atoms with Gasteiger partial charge in [0.15, 0.2) is 0 Å². The molecule has 0 unspecified atom stereocenters. The zero-order valence-corrected chi connectivity index (χ0v) is 17.8. The lowest BCUT2D eigenvalue weighted by Gasteiger charge is -2.14. The predicted octanol–water partition coefficient (Wildman–Crippen LogP) is 6.24. The molecule has 1 N–H and O–H groups in total. The number of rotatable bonds is 6. The van der Waals surface area contributed by atoms with Crippen molar-refractivity contribution in [1.82, 2.24) is 10.3 Å². The Bertz CT molecular complexity index is 1220. The number of hydrogen-bond donors (Lipinski definition) is 1. The molecule has 4 nitrogen and oxygen atoms in total. The quantitative estimate of drug-likeness (QED) is 0.371. The number of aromatic nitrogens is 1. The number of hydrogen-bond acceptors (Lipinski definition) is 4. The number of ether oxygens (including phenoxy) is 1. The molecule has 0 bridgehead atoms. The number of carbonyl (C=O) groups is 1. The molecule has 0 fully saturated rings. The van der Waals surface area contributed by atoms with Gasteiger partial charge in [-0.05, 0) is 46.4 Å². The van der Waals surface area contributed by atoms with Gasteiger partial charge < -0.3 is 10.1 Å². The van der Waals surface area contributed by atoms with Crippen LogP contribution in [-0.2, 0) is 4.74 Å². The summed E-state index contributed by atoms with van der Waals surface area (Å²) in [5, 5.41) is 2.84. The molecule has 1 aromatic heterocycles. The van der Waals surface area contributed by atoms with Gasteiger partial charge in [-0.1, -0.05) is 66.7 Å². The van der Waals surface area contributed by atoms with E-state index in [-0.39, 0.29) is 12.0 Å². The van der Waals surface area contributed by atoms with Gasteiger partial charge in [-0.15, -0.1) is 11.3 Å². The number of nitrogens with zero attached hydrogens (tertiary/aromatic N) is 1. The van der Waals surface area contributed by atoms with Crippen LogP contribution in [0.2, 0.25) is 0 Å². The number of amides is 1. The summed E-state index contributed by atoms with van der Waals surface area (Å²) in [5.41, 5.74) is 8.88. The highest BCUT2D eigenvalue weighted by atomic mass is 32.1. The highest BCUT2D eigenvalue weighted by Gasteiger charge is 2.28. The van der Waals surface area contributed by atoms with E-state index in [9.17, 15) is 4.79 Å². The van der Waals surface area contributed by atoms with Crippen molar-refractivity contribution in [2.24, 2.45) is 0 Å². The zero-order chi connectivity index (χ0) is 21.0. The van der Waals surface area contributed by atoms with Gasteiger partial charge in [0.05, 0.1) is 15.7 Å². The monoisotopic (exact) mass is 426 g/mol. The van der Waals surface area contributed by atoms with Crippen molar-refractivity contribution in [3.63, 3.8) is 0 Å². The van der Waals surface area contributed by atoms with Crippen molar-refractivity contribution in [3.05, 3.63) is 95.0 Å². The molecule has 4 aromatic rings. The molecular weight excluding hydrogens is 404 g/mol. The Hall–Kier alpha value is -3.44. The molecule has 0 radical (unpaired) electrons. The van der Waals surface area contributed by atoms with E-state index in [0.717, 1.165) is 17.5 Å². The van der Waals surface area contributed by atoms with Crippen molar-refractivity contribution < 1.29 is 9.53 Å². The van der Waals surface area contributed by atoms with Crippen LogP contribution < -0.4 is 5.32 Å². The topological polar surface area (TPSA) is 51.2 Å². The molecule has 0 aliphatic heterocycles. The average Bonchev–Trinajstić information content (AvgIpc) is 3.40. The first-order valence-electron chi connectivity index (χ1n) is 10.4. The molecule has 5 heteroatoms. The predicted molar refractivity (Wildman–Crippen MR) is 126 cm³/mol. The molecule has 1 heterocycles. The van der Waals surface area contributed by atoms with Crippen molar-refractivity contribution in [3.8, 4) is 11.1 Å². The van der Waals surface area contributed by atoms with Gasteiger partial charge >= 0.3 is 6.09 Å². The van der Waals surface area contributed by atoms with Crippen LogP contribution in [0.4, 0.5) is 4.79 Å². The largest absolute Gasteiger partial charge is 0.449 e. The normalized spacial score (nSPS) is 12.8. The second-order valence-electron chi connectivity index (χ2n) is 7.52. The third kappa shape index (κ3) is 4.09. The van der Waals surface area contributed by atoms with E-state index >= 15 is 0 Å². The summed E-state index contributed by atoms with van der Waals surface area (Å²) in [6, 6.07) is 22.9. The minimum Gasteiger partial charge on any atom is -0.449 e. The average molecular weight is 427 g/mol. The minimum absolute atomic E-state index is 0.0821. The van der Waals surface area contributed by atoms with Gasteiger partial charge in [0.1, 0.15) is 6.61 Å². The van der Waals surface area contributed by atoms with Crippen LogP contribution in [0.3, 0.4) is 0 Å². The first-order chi connectivity index (χ1) is 15.3. The van der Waals surface area contributed by atoms with Gasteiger partial charge in [-0.25, -0.2) is 9.78 Å². The van der Waals surface area contributed by atoms with Gasteiger partial charge in [0, 0.05) is 12.5 Å². The first kappa shape index (κ1) is 19.5. The molecular formula is C26H22N2O2S. The SMILES string of the molecule is O=C(NCCC=Cc1ccc2scnc2c1)OCC1c2ccccc2-c2ccccc21. The van der Waals surface area contributed by atoms with Crippen molar-refractivity contribution in [2.45, 2.75) is 12.3 Å². The molecule has 0 saturated heterocycles. The third-order valence-corrected chi connectivity index (χ3v) is 6.40. The molecule has 1 amide bonds. The fraction of sp³-hybridized carbons (Fsp3) is 0.154. The Kier molecular flexibility index (Phi) is 5.50. The lowest BCUT2D eigenvalue weighted by atomic mass is 9.98. The Balaban J connectivity index is 1.12. The zero-order valence-electron chi connectivity index (χ0n) is 17.0. The number of nitrogens with one attached hydrogen (secondary N) is 1. The first-order valence-corrected chi connectivity index (χ1v) is 11.3. The van der Waals surface area contributed by atoms with E-state index in [1.165, 1.54) is 27.0 Å². The van der Waals surface area contributed by atoms with Crippen LogP contribution in [0.5, 0.6) is 0 Å². The summed E-state index contributed by atoms with van der Waals surface area (Å²) in [6.07, 6.45) is 4.47. The number of benzene rings is 3. The maximum Gasteiger partial charge on any atom is 0.407 e. The van der Waals surface area contributed by atoms with Crippen LogP contribution in [0.1, 0.15) is 29.0 Å². The lowest BCUT2D eigenvalue weighted by Crippen LogP contribution is -2.26. The molecule has 5 rings (SSSR count). The molecule has 31 heavy (non-hydrogen) atoms. The van der Waals surface area contributed by atoms with Gasteiger partial charge in [-0.3, -0.25) is 0 Å². The number of carbonyl (C=O) groups excluding carboxylic acids is 1. The van der Waals surface area contributed by atoms with Crippen LogP contribution in [0, 0.1) is 0 Å². The summed E-state index contributed by atoms with van der Waals surface area (Å²) in [6.45, 7) is 0.871. The Morgan fingerprint density at radius 2 is 1.77 bits per heavy atom. The smallest absolute Gasteiger partial charge is 0.407 e. The highest BCUT2D eigenvalue weighted by Crippen LogP contribution is 2.44. The lowest BCUT2D eigenvalue weighted by molar-refractivity contribution is 0.143. The second-order valence-corrected chi connectivity index (χ2v) is 8.41. The van der Waals surface area contributed by atoms with E-state index in [1.54, 1.807) is 11.3 Å². The van der Waals surface area contributed by atoms with E-state index in [0.29, 0.717) is 13.2 Å². The molecule has 0 atom stereocenters. The number of thiazole rings is 1. The summed E-state index contributed by atoms with van der Waals surface area (Å²) in [7, 11) is 0. The van der Waals surface area contributed by atoms with Crippen molar-refractivity contribution in [1.29, 1.82) is 0 Å². The van der Waals surface area contributed by atoms with E-state index < -0.39 is 0 Å². The van der Waals surface area contributed by atoms with E-state index in [4.69, 9.17) is 4.74 Å². The Labute approximate surface area is 185 Å². The van der Waals surface area contributed by atoms with Crippen molar-refractivity contribution >= 4 is 33.7 Å². The fourth-order valence-electron chi connectivity index (χ4n) is 4.10. The second kappa shape index (κ2) is 8.74. The van der Waals surface area contributed by atoms with Crippen LogP contribution in [0.25, 0.3) is 27.4 Å². The standard InChI is InChI=1S/C26H22N2O2S/c29-26(27-14-6-5-7-18-12-13-25-24(15-18)28-17-31-25)30-16-23-21-10-3-1-8-19(21)20-9-2-4-11-22(20)23/h1-5,7-13,15,17,23H,6,14,16H2,(H,27,29). The fourth-order valence-corrected chi connectivity index (χ4v) is 4.76. The molecule has 0 saturated carbocycles. The maximum atomic E-state index is 12.2. The summed E-state index contributed by atoms with van der Waals surface area (Å²) < 4.78 is 6.75. The van der Waals surface area contributed by atoms with Crippen LogP contribution in [0.15, 0.2) is 78.3 Å².